The van der Waals surface area contributed by atoms with Crippen molar-refractivity contribution in [1.82, 2.24) is 30.6 Å². The predicted octanol–water partition coefficient (Wildman–Crippen LogP) is 2.70. The fourth-order valence-electron chi connectivity index (χ4n) is 3.26. The minimum Gasteiger partial charge on any atom is -0.353 e. The van der Waals surface area contributed by atoms with Crippen molar-refractivity contribution in [2.75, 3.05) is 5.32 Å². The summed E-state index contributed by atoms with van der Waals surface area (Å²) in [4.78, 5) is 23.6. The van der Waals surface area contributed by atoms with E-state index in [1.54, 1.807) is 0 Å². The predicted molar refractivity (Wildman–Crippen MR) is 97.2 cm³/mol. The molecule has 3 N–H and O–H groups in total. The van der Waals surface area contributed by atoms with Gasteiger partial charge >= 0.3 is 0 Å². The van der Waals surface area contributed by atoms with Crippen LogP contribution in [0.3, 0.4) is 0 Å². The first-order valence-corrected chi connectivity index (χ1v) is 9.18. The van der Waals surface area contributed by atoms with E-state index in [0.717, 1.165) is 36.4 Å². The second kappa shape index (κ2) is 7.05. The van der Waals surface area contributed by atoms with Crippen molar-refractivity contribution in [2.45, 2.75) is 37.6 Å². The molecule has 0 atom stereocenters. The van der Waals surface area contributed by atoms with Crippen molar-refractivity contribution < 1.29 is 0 Å². The number of aromatic amines is 2. The average molecular weight is 368 g/mol. The molecule has 9 nitrogen and oxygen atoms in total. The summed E-state index contributed by atoms with van der Waals surface area (Å²) in [7, 11) is 0. The van der Waals surface area contributed by atoms with Gasteiger partial charge in [-0.25, -0.2) is 9.83 Å². The zero-order valence-corrected chi connectivity index (χ0v) is 14.6. The highest BCUT2D eigenvalue weighted by Crippen LogP contribution is 2.33. The fraction of sp³-hybridized carbons (Fsp3) is 0.375. The molecule has 1 aliphatic carbocycles. The second-order valence-corrected chi connectivity index (χ2v) is 7.11. The smallest absolute Gasteiger partial charge is 0.276 e. The summed E-state index contributed by atoms with van der Waals surface area (Å²) in [5, 5.41) is 19.5. The van der Waals surface area contributed by atoms with Gasteiger partial charge in [0, 0.05) is 16.8 Å². The van der Waals surface area contributed by atoms with Gasteiger partial charge in [0.15, 0.2) is 5.82 Å². The number of hydrogen-bond acceptors (Lipinski definition) is 7. The van der Waals surface area contributed by atoms with E-state index in [0.29, 0.717) is 17.6 Å². The molecule has 4 rings (SSSR count). The lowest BCUT2D eigenvalue weighted by atomic mass is 9.85. The monoisotopic (exact) mass is 368 g/mol. The van der Waals surface area contributed by atoms with Gasteiger partial charge in [0.25, 0.3) is 11.2 Å². The maximum absolute atomic E-state index is 12.3. The van der Waals surface area contributed by atoms with Crippen LogP contribution in [-0.4, -0.2) is 36.6 Å². The summed E-state index contributed by atoms with van der Waals surface area (Å²) >= 11 is 1.46. The molecule has 3 heterocycles. The number of aromatic nitrogens is 6. The largest absolute Gasteiger partial charge is 0.353 e. The molecule has 0 bridgehead atoms. The molecular formula is C16H16N8OS. The number of thiophene rings is 1. The third-order valence-corrected chi connectivity index (χ3v) is 5.43. The topological polar surface area (TPSA) is 117 Å². The minimum atomic E-state index is -0.415. The lowest BCUT2D eigenvalue weighted by Crippen LogP contribution is -2.28. The first-order chi connectivity index (χ1) is 12.7. The van der Waals surface area contributed by atoms with Crippen LogP contribution in [-0.2, 0) is 0 Å². The van der Waals surface area contributed by atoms with E-state index in [-0.39, 0.29) is 11.7 Å². The molecule has 0 aromatic carbocycles. The van der Waals surface area contributed by atoms with Crippen LogP contribution >= 0.6 is 11.3 Å². The average Bonchev–Trinajstić information content (AvgIpc) is 3.36. The van der Waals surface area contributed by atoms with Gasteiger partial charge in [-0.05, 0) is 37.1 Å². The van der Waals surface area contributed by atoms with Crippen molar-refractivity contribution in [3.05, 3.63) is 45.1 Å². The van der Waals surface area contributed by atoms with Crippen molar-refractivity contribution >= 4 is 23.0 Å². The number of anilines is 1. The van der Waals surface area contributed by atoms with Gasteiger partial charge in [-0.15, -0.1) is 21.5 Å². The molecule has 0 saturated heterocycles. The molecule has 1 aliphatic rings. The molecule has 1 saturated carbocycles. The highest BCUT2D eigenvalue weighted by molar-refractivity contribution is 7.13. The van der Waals surface area contributed by atoms with Gasteiger partial charge in [0.1, 0.15) is 0 Å². The molecule has 10 heteroatoms. The van der Waals surface area contributed by atoms with Crippen molar-refractivity contribution in [3.8, 4) is 10.6 Å². The van der Waals surface area contributed by atoms with Crippen LogP contribution in [0.15, 0.2) is 22.3 Å². The summed E-state index contributed by atoms with van der Waals surface area (Å²) in [6.45, 7) is 7.27. The Morgan fingerprint density at radius 1 is 1.31 bits per heavy atom. The molecule has 132 valence electrons. The minimum absolute atomic E-state index is 0.0267. The summed E-state index contributed by atoms with van der Waals surface area (Å²) < 4.78 is 0. The van der Waals surface area contributed by atoms with Gasteiger partial charge in [-0.2, -0.15) is 5.21 Å². The van der Waals surface area contributed by atoms with Crippen molar-refractivity contribution in [2.24, 2.45) is 0 Å². The molecular weight excluding hydrogens is 352 g/mol. The number of nitrogens with zero attached hydrogens (tertiary/aromatic N) is 5. The Labute approximate surface area is 152 Å². The maximum atomic E-state index is 12.3. The van der Waals surface area contributed by atoms with E-state index in [2.05, 4.69) is 40.8 Å². The van der Waals surface area contributed by atoms with Crippen LogP contribution < -0.4 is 10.9 Å². The summed E-state index contributed by atoms with van der Waals surface area (Å²) in [5.41, 5.74) is 0.0435. The van der Waals surface area contributed by atoms with Gasteiger partial charge < -0.3 is 10.3 Å². The fourth-order valence-corrected chi connectivity index (χ4v) is 3.97. The number of nitrogens with one attached hydrogen (secondary N) is 3. The summed E-state index contributed by atoms with van der Waals surface area (Å²) in [6.07, 6.45) is 3.72. The highest BCUT2D eigenvalue weighted by atomic mass is 32.1. The maximum Gasteiger partial charge on any atom is 0.276 e. The van der Waals surface area contributed by atoms with Crippen LogP contribution in [0.2, 0.25) is 0 Å². The van der Waals surface area contributed by atoms with Gasteiger partial charge in [-0.1, -0.05) is 11.3 Å². The molecule has 0 aliphatic heterocycles. The Morgan fingerprint density at radius 3 is 2.81 bits per heavy atom. The van der Waals surface area contributed by atoms with Crippen LogP contribution in [0.4, 0.5) is 11.6 Å². The zero-order chi connectivity index (χ0) is 17.9. The molecule has 1 fully saturated rings. The van der Waals surface area contributed by atoms with E-state index >= 15 is 0 Å². The first-order valence-electron chi connectivity index (χ1n) is 8.30. The van der Waals surface area contributed by atoms with Crippen molar-refractivity contribution in [3.63, 3.8) is 0 Å². The highest BCUT2D eigenvalue weighted by Gasteiger charge is 2.25. The second-order valence-electron chi connectivity index (χ2n) is 6.16. The molecule has 26 heavy (non-hydrogen) atoms. The summed E-state index contributed by atoms with van der Waals surface area (Å²) in [6, 6.07) is 3.94. The van der Waals surface area contributed by atoms with E-state index in [1.165, 1.54) is 11.3 Å². The van der Waals surface area contributed by atoms with Crippen LogP contribution in [0.5, 0.6) is 0 Å². The van der Waals surface area contributed by atoms with E-state index in [4.69, 9.17) is 6.57 Å². The normalized spacial score (nSPS) is 19.8. The Kier molecular flexibility index (Phi) is 4.45. The number of tetrazole rings is 1. The molecule has 0 unspecified atom stereocenters. The molecule has 0 amide bonds. The van der Waals surface area contributed by atoms with Crippen molar-refractivity contribution in [1.29, 1.82) is 0 Å². The van der Waals surface area contributed by atoms with E-state index in [1.807, 2.05) is 17.5 Å². The molecule has 0 spiro atoms. The Morgan fingerprint density at radius 2 is 2.15 bits per heavy atom. The lowest BCUT2D eigenvalue weighted by molar-refractivity contribution is 0.399. The summed E-state index contributed by atoms with van der Waals surface area (Å²) in [5.74, 6) is 1.48. The standard InChI is InChI=1S/C16H16N8OS/c1-17-13-12(11-3-2-8-26-11)19-16(20-15(13)25)18-10-6-4-9(5-7-10)14-21-23-24-22-14/h2-3,8-10H,4-7H2,(H2,18,19,20,25)(H,21,22,23,24). The lowest BCUT2D eigenvalue weighted by Gasteiger charge is -2.27. The van der Waals surface area contributed by atoms with Gasteiger partial charge in [-0.3, -0.25) is 4.79 Å². The SMILES string of the molecule is [C-]#[N+]c1c(-c2cccs2)nc(NC2CCC(c3nn[nH]n3)CC2)[nH]c1=O. The molecule has 3 aromatic heterocycles. The quantitative estimate of drug-likeness (QED) is 0.610. The first kappa shape index (κ1) is 16.4. The Bertz CT molecular complexity index is 965. The third kappa shape index (κ3) is 3.21. The Hall–Kier alpha value is -3.06. The third-order valence-electron chi connectivity index (χ3n) is 4.56. The molecule has 0 radical (unpaired) electrons. The number of rotatable bonds is 4. The number of H-pyrrole nitrogens is 2. The van der Waals surface area contributed by atoms with Crippen LogP contribution in [0, 0.1) is 6.57 Å². The zero-order valence-electron chi connectivity index (χ0n) is 13.8. The van der Waals surface area contributed by atoms with Crippen LogP contribution in [0.25, 0.3) is 15.4 Å². The Balaban J connectivity index is 1.51. The van der Waals surface area contributed by atoms with Crippen LogP contribution in [0.1, 0.15) is 37.4 Å². The number of hydrogen-bond donors (Lipinski definition) is 3. The molecule has 3 aromatic rings. The van der Waals surface area contributed by atoms with E-state index in [9.17, 15) is 4.79 Å². The van der Waals surface area contributed by atoms with E-state index < -0.39 is 5.56 Å². The van der Waals surface area contributed by atoms with Gasteiger partial charge in [0.05, 0.1) is 12.3 Å². The van der Waals surface area contributed by atoms with Gasteiger partial charge in [0.2, 0.25) is 5.95 Å².